The standard InChI is InChI=1S/C20H14ClN3O3/c21-15-9-7-13(8-10-15)20(25)22-16-5-2-1-4-14(16)12-18-23-19(24-27-18)17-6-3-11-26-17/h1-11H,12H2,(H,22,25). The van der Waals surface area contributed by atoms with E-state index in [4.69, 9.17) is 20.5 Å². The topological polar surface area (TPSA) is 81.2 Å². The average molecular weight is 380 g/mol. The number of rotatable bonds is 5. The SMILES string of the molecule is O=C(Nc1ccccc1Cc1nc(-c2ccco2)no1)c1ccc(Cl)cc1. The van der Waals surface area contributed by atoms with Crippen molar-refractivity contribution in [3.63, 3.8) is 0 Å². The maximum absolute atomic E-state index is 12.5. The highest BCUT2D eigenvalue weighted by Crippen LogP contribution is 2.22. The van der Waals surface area contributed by atoms with Crippen molar-refractivity contribution in [3.8, 4) is 11.6 Å². The van der Waals surface area contributed by atoms with Crippen LogP contribution in [0.2, 0.25) is 5.02 Å². The Morgan fingerprint density at radius 2 is 1.85 bits per heavy atom. The van der Waals surface area contributed by atoms with E-state index in [0.29, 0.717) is 40.2 Å². The Labute approximate surface area is 159 Å². The number of amides is 1. The van der Waals surface area contributed by atoms with Crippen LogP contribution in [0.3, 0.4) is 0 Å². The van der Waals surface area contributed by atoms with Crippen LogP contribution in [0.15, 0.2) is 75.9 Å². The molecule has 0 bridgehead atoms. The summed E-state index contributed by atoms with van der Waals surface area (Å²) in [5.74, 6) is 1.13. The third kappa shape index (κ3) is 3.91. The number of aromatic nitrogens is 2. The number of furan rings is 1. The van der Waals surface area contributed by atoms with Gasteiger partial charge in [-0.05, 0) is 48.0 Å². The number of nitrogens with one attached hydrogen (secondary N) is 1. The van der Waals surface area contributed by atoms with Gasteiger partial charge in [-0.15, -0.1) is 0 Å². The number of carbonyl (C=O) groups is 1. The van der Waals surface area contributed by atoms with E-state index in [9.17, 15) is 4.79 Å². The van der Waals surface area contributed by atoms with Crippen LogP contribution < -0.4 is 5.32 Å². The molecule has 1 amide bonds. The van der Waals surface area contributed by atoms with E-state index in [-0.39, 0.29) is 5.91 Å². The summed E-state index contributed by atoms with van der Waals surface area (Å²) in [5.41, 5.74) is 2.05. The highest BCUT2D eigenvalue weighted by Gasteiger charge is 2.14. The summed E-state index contributed by atoms with van der Waals surface area (Å²) in [6, 6.07) is 17.7. The normalized spacial score (nSPS) is 10.7. The number of anilines is 1. The van der Waals surface area contributed by atoms with Gasteiger partial charge in [-0.25, -0.2) is 0 Å². The Bertz CT molecular complexity index is 1060. The lowest BCUT2D eigenvalue weighted by atomic mass is 10.1. The molecule has 0 aliphatic rings. The molecular weight excluding hydrogens is 366 g/mol. The fraction of sp³-hybridized carbons (Fsp3) is 0.0500. The van der Waals surface area contributed by atoms with E-state index in [1.54, 1.807) is 42.7 Å². The van der Waals surface area contributed by atoms with E-state index >= 15 is 0 Å². The van der Waals surface area contributed by atoms with Crippen molar-refractivity contribution >= 4 is 23.2 Å². The van der Waals surface area contributed by atoms with Crippen LogP contribution in [-0.4, -0.2) is 16.0 Å². The Morgan fingerprint density at radius 1 is 1.04 bits per heavy atom. The lowest BCUT2D eigenvalue weighted by molar-refractivity contribution is 0.102. The van der Waals surface area contributed by atoms with Gasteiger partial charge in [0.2, 0.25) is 11.7 Å². The van der Waals surface area contributed by atoms with Crippen molar-refractivity contribution in [2.45, 2.75) is 6.42 Å². The summed E-state index contributed by atoms with van der Waals surface area (Å²) >= 11 is 5.87. The van der Waals surface area contributed by atoms with Crippen LogP contribution in [0.1, 0.15) is 21.8 Å². The van der Waals surface area contributed by atoms with Gasteiger partial charge in [-0.1, -0.05) is 35.0 Å². The van der Waals surface area contributed by atoms with Crippen molar-refractivity contribution in [2.75, 3.05) is 5.32 Å². The summed E-state index contributed by atoms with van der Waals surface area (Å²) in [7, 11) is 0. The first-order chi connectivity index (χ1) is 13.2. The number of hydrogen-bond acceptors (Lipinski definition) is 5. The van der Waals surface area contributed by atoms with Gasteiger partial charge in [-0.2, -0.15) is 4.98 Å². The Kier molecular flexibility index (Phi) is 4.72. The summed E-state index contributed by atoms with van der Waals surface area (Å²) in [6.07, 6.45) is 1.93. The zero-order chi connectivity index (χ0) is 18.6. The van der Waals surface area contributed by atoms with Crippen molar-refractivity contribution in [3.05, 3.63) is 89.0 Å². The molecule has 27 heavy (non-hydrogen) atoms. The Balaban J connectivity index is 1.53. The van der Waals surface area contributed by atoms with Gasteiger partial charge in [-0.3, -0.25) is 4.79 Å². The molecule has 0 aliphatic heterocycles. The summed E-state index contributed by atoms with van der Waals surface area (Å²) < 4.78 is 10.6. The molecular formula is C20H14ClN3O3. The van der Waals surface area contributed by atoms with Gasteiger partial charge >= 0.3 is 0 Å². The highest BCUT2D eigenvalue weighted by atomic mass is 35.5. The van der Waals surface area contributed by atoms with Crippen molar-refractivity contribution < 1.29 is 13.7 Å². The summed E-state index contributed by atoms with van der Waals surface area (Å²) in [5, 5.41) is 7.41. The molecule has 134 valence electrons. The lowest BCUT2D eigenvalue weighted by Gasteiger charge is -2.10. The second kappa shape index (κ2) is 7.47. The summed E-state index contributed by atoms with van der Waals surface area (Å²) in [4.78, 5) is 16.8. The van der Waals surface area contributed by atoms with Gasteiger partial charge < -0.3 is 14.3 Å². The second-order valence-electron chi connectivity index (χ2n) is 5.78. The zero-order valence-electron chi connectivity index (χ0n) is 14.1. The molecule has 0 aliphatic carbocycles. The van der Waals surface area contributed by atoms with Crippen LogP contribution in [0.25, 0.3) is 11.6 Å². The van der Waals surface area contributed by atoms with Crippen molar-refractivity contribution in [1.82, 2.24) is 10.1 Å². The van der Waals surface area contributed by atoms with Crippen LogP contribution in [0.5, 0.6) is 0 Å². The minimum Gasteiger partial charge on any atom is -0.461 e. The highest BCUT2D eigenvalue weighted by molar-refractivity contribution is 6.30. The third-order valence-electron chi connectivity index (χ3n) is 3.92. The van der Waals surface area contributed by atoms with Crippen LogP contribution >= 0.6 is 11.6 Å². The molecule has 0 spiro atoms. The van der Waals surface area contributed by atoms with Crippen LogP contribution in [-0.2, 0) is 6.42 Å². The van der Waals surface area contributed by atoms with Gasteiger partial charge in [0.05, 0.1) is 12.7 Å². The number of para-hydroxylation sites is 1. The van der Waals surface area contributed by atoms with Crippen LogP contribution in [0, 0.1) is 0 Å². The molecule has 0 saturated heterocycles. The molecule has 0 radical (unpaired) electrons. The maximum atomic E-state index is 12.5. The quantitative estimate of drug-likeness (QED) is 0.537. The van der Waals surface area contributed by atoms with E-state index in [1.807, 2.05) is 24.3 Å². The number of benzene rings is 2. The summed E-state index contributed by atoms with van der Waals surface area (Å²) in [6.45, 7) is 0. The smallest absolute Gasteiger partial charge is 0.255 e. The molecule has 0 unspecified atom stereocenters. The van der Waals surface area contributed by atoms with E-state index < -0.39 is 0 Å². The molecule has 4 rings (SSSR count). The number of carbonyl (C=O) groups excluding carboxylic acids is 1. The average Bonchev–Trinajstić information content (AvgIpc) is 3.35. The first kappa shape index (κ1) is 17.1. The van der Waals surface area contributed by atoms with Gasteiger partial charge in [0.1, 0.15) is 0 Å². The fourth-order valence-electron chi connectivity index (χ4n) is 2.59. The largest absolute Gasteiger partial charge is 0.461 e. The predicted molar refractivity (Wildman–Crippen MR) is 101 cm³/mol. The molecule has 4 aromatic rings. The van der Waals surface area contributed by atoms with Crippen molar-refractivity contribution in [1.29, 1.82) is 0 Å². The zero-order valence-corrected chi connectivity index (χ0v) is 14.8. The van der Waals surface area contributed by atoms with Crippen molar-refractivity contribution in [2.24, 2.45) is 0 Å². The molecule has 7 heteroatoms. The number of nitrogens with zero attached hydrogens (tertiary/aromatic N) is 2. The van der Waals surface area contributed by atoms with E-state index in [1.165, 1.54) is 0 Å². The third-order valence-corrected chi connectivity index (χ3v) is 4.18. The minimum absolute atomic E-state index is 0.221. The first-order valence-corrected chi connectivity index (χ1v) is 8.58. The lowest BCUT2D eigenvalue weighted by Crippen LogP contribution is -2.13. The molecule has 0 fully saturated rings. The molecule has 0 atom stereocenters. The first-order valence-electron chi connectivity index (χ1n) is 8.20. The molecule has 2 aromatic heterocycles. The van der Waals surface area contributed by atoms with Crippen LogP contribution in [0.4, 0.5) is 5.69 Å². The number of hydrogen-bond donors (Lipinski definition) is 1. The van der Waals surface area contributed by atoms with E-state index in [0.717, 1.165) is 5.56 Å². The minimum atomic E-state index is -0.221. The maximum Gasteiger partial charge on any atom is 0.255 e. The van der Waals surface area contributed by atoms with Gasteiger partial charge in [0, 0.05) is 16.3 Å². The number of halogens is 1. The monoisotopic (exact) mass is 379 g/mol. The predicted octanol–water partition coefficient (Wildman–Crippen LogP) is 4.83. The molecule has 2 heterocycles. The second-order valence-corrected chi connectivity index (χ2v) is 6.22. The van der Waals surface area contributed by atoms with E-state index in [2.05, 4.69) is 15.5 Å². The molecule has 0 saturated carbocycles. The molecule has 2 aromatic carbocycles. The van der Waals surface area contributed by atoms with Gasteiger partial charge in [0.15, 0.2) is 5.76 Å². The molecule has 1 N–H and O–H groups in total. The van der Waals surface area contributed by atoms with Gasteiger partial charge in [0.25, 0.3) is 5.91 Å². The molecule has 6 nitrogen and oxygen atoms in total. The Morgan fingerprint density at radius 3 is 2.63 bits per heavy atom. The Hall–Kier alpha value is -3.38. The fourth-order valence-corrected chi connectivity index (χ4v) is 2.71.